The Balaban J connectivity index is 1.79. The molecule has 37 heavy (non-hydrogen) atoms. The van der Waals surface area contributed by atoms with Crippen LogP contribution in [-0.2, 0) is 19.1 Å². The lowest BCUT2D eigenvalue weighted by Gasteiger charge is -2.19. The number of hydrogen-bond acceptors (Lipinski definition) is 5. The molecule has 3 heterocycles. The molecule has 1 fully saturated rings. The van der Waals surface area contributed by atoms with Crippen LogP contribution in [0.25, 0.3) is 21.0 Å². The minimum absolute atomic E-state index is 0.0791. The Kier molecular flexibility index (Phi) is 6.64. The van der Waals surface area contributed by atoms with Crippen LogP contribution in [0.2, 0.25) is 0 Å². The van der Waals surface area contributed by atoms with Crippen LogP contribution in [0, 0.1) is 11.3 Å². The van der Waals surface area contributed by atoms with Gasteiger partial charge in [0, 0.05) is 40.3 Å². The molecule has 1 aliphatic rings. The third-order valence-corrected chi connectivity index (χ3v) is 7.92. The van der Waals surface area contributed by atoms with Gasteiger partial charge in [0.15, 0.2) is 5.69 Å². The molecule has 3 aromatic rings. The lowest BCUT2D eigenvalue weighted by Crippen LogP contribution is -2.36. The molecule has 0 bridgehead atoms. The zero-order valence-electron chi connectivity index (χ0n) is 19.0. The van der Waals surface area contributed by atoms with Crippen molar-refractivity contribution in [3.8, 4) is 27.1 Å². The molecule has 0 atom stereocenters. The van der Waals surface area contributed by atoms with Crippen molar-refractivity contribution >= 4 is 28.6 Å². The molecule has 0 N–H and O–H groups in total. The van der Waals surface area contributed by atoms with Gasteiger partial charge in [0.25, 0.3) is 5.91 Å². The molecule has 1 aliphatic carbocycles. The average molecular weight is 569 g/mol. The first-order valence-electron chi connectivity index (χ1n) is 10.6. The molecule has 5 nitrogen and oxygen atoms in total. The van der Waals surface area contributed by atoms with E-state index in [0.29, 0.717) is 21.0 Å². The van der Waals surface area contributed by atoms with Crippen molar-refractivity contribution < 1.29 is 39.9 Å². The number of nitriles is 1. The number of amides is 1. The van der Waals surface area contributed by atoms with Crippen LogP contribution in [-0.4, -0.2) is 39.4 Å². The summed E-state index contributed by atoms with van der Waals surface area (Å²) in [6.45, 7) is 2.22. The largest absolute Gasteiger partial charge is 0.459 e. The number of aryl methyl sites for hydroxylation is 1. The third kappa shape index (κ3) is 4.72. The first kappa shape index (κ1) is 27.1. The number of rotatable bonds is 6. The minimum atomic E-state index is -6.29. The van der Waals surface area contributed by atoms with Gasteiger partial charge in [-0.15, -0.1) is 22.7 Å². The number of hydrogen-bond donors (Lipinski definition) is 0. The van der Waals surface area contributed by atoms with E-state index >= 15 is 0 Å². The summed E-state index contributed by atoms with van der Waals surface area (Å²) in [5, 5.41) is 13.6. The van der Waals surface area contributed by atoms with Crippen LogP contribution in [0.4, 0.5) is 35.1 Å². The second kappa shape index (κ2) is 9.09. The molecule has 198 valence electrons. The fourth-order valence-corrected chi connectivity index (χ4v) is 5.86. The van der Waals surface area contributed by atoms with Crippen molar-refractivity contribution in [3.05, 3.63) is 39.2 Å². The summed E-state index contributed by atoms with van der Waals surface area (Å²) in [5.74, 6) is -6.20. The molecule has 3 aromatic heterocycles. The van der Waals surface area contributed by atoms with Gasteiger partial charge in [0.1, 0.15) is 16.5 Å². The molecular formula is C22H16F8N4OS2. The lowest BCUT2D eigenvalue weighted by atomic mass is 10.0. The van der Waals surface area contributed by atoms with Crippen LogP contribution in [0.1, 0.15) is 46.3 Å². The summed E-state index contributed by atoms with van der Waals surface area (Å²) in [7, 11) is 0.838. The first-order valence-corrected chi connectivity index (χ1v) is 12.3. The molecule has 0 saturated heterocycles. The van der Waals surface area contributed by atoms with Crippen LogP contribution in [0.3, 0.4) is 0 Å². The highest BCUT2D eigenvalue weighted by Gasteiger charge is 2.64. The predicted octanol–water partition coefficient (Wildman–Crippen LogP) is 7.05. The highest BCUT2D eigenvalue weighted by atomic mass is 32.1. The van der Waals surface area contributed by atoms with Gasteiger partial charge in [-0.2, -0.15) is 45.5 Å². The van der Waals surface area contributed by atoms with Gasteiger partial charge in [0.2, 0.25) is 0 Å². The van der Waals surface area contributed by atoms with Crippen molar-refractivity contribution in [1.82, 2.24) is 14.7 Å². The number of aromatic nitrogens is 2. The van der Waals surface area contributed by atoms with E-state index in [1.165, 1.54) is 12.1 Å². The maximum absolute atomic E-state index is 14.0. The van der Waals surface area contributed by atoms with Gasteiger partial charge in [-0.05, 0) is 31.9 Å². The number of carbonyl (C=O) groups excluding carboxylic acids is 1. The summed E-state index contributed by atoms with van der Waals surface area (Å²) in [5.41, 5.74) is -5.75. The Morgan fingerprint density at radius 3 is 2.32 bits per heavy atom. The van der Waals surface area contributed by atoms with E-state index < -0.39 is 35.2 Å². The normalized spacial score (nSPS) is 14.6. The van der Waals surface area contributed by atoms with E-state index in [0.717, 1.165) is 47.9 Å². The summed E-state index contributed by atoms with van der Waals surface area (Å²) in [6, 6.07) is 4.62. The summed E-state index contributed by atoms with van der Waals surface area (Å²) in [4.78, 5) is 15.3. The van der Waals surface area contributed by atoms with Crippen molar-refractivity contribution in [1.29, 1.82) is 5.26 Å². The first-order chi connectivity index (χ1) is 17.1. The standard InChI is InChI=1S/C22H16F8N4OS2/c1-3-34(11-4-5-11)19(35)12-7-14(37-15(12)8-31)13-6-10(9-36-13)17-16(21(25,26)27)18(32-33(17)2)20(23,24)22(28,29)30/h6-7,9,11H,3-5H2,1-2H3. The topological polar surface area (TPSA) is 61.9 Å². The summed E-state index contributed by atoms with van der Waals surface area (Å²) >= 11 is 1.81. The van der Waals surface area contributed by atoms with Crippen LogP contribution >= 0.6 is 22.7 Å². The molecule has 0 aliphatic heterocycles. The Hall–Kier alpha value is -2.99. The molecule has 0 spiro atoms. The number of alkyl halides is 8. The number of nitrogens with zero attached hydrogens (tertiary/aromatic N) is 4. The van der Waals surface area contributed by atoms with Crippen molar-refractivity contribution in [2.24, 2.45) is 7.05 Å². The zero-order chi connectivity index (χ0) is 27.5. The van der Waals surface area contributed by atoms with E-state index in [4.69, 9.17) is 0 Å². The lowest BCUT2D eigenvalue weighted by molar-refractivity contribution is -0.292. The van der Waals surface area contributed by atoms with Crippen LogP contribution < -0.4 is 0 Å². The minimum Gasteiger partial charge on any atom is -0.336 e. The van der Waals surface area contributed by atoms with Crippen LogP contribution in [0.5, 0.6) is 0 Å². The molecule has 0 radical (unpaired) electrons. The Labute approximate surface area is 212 Å². The Bertz CT molecular complexity index is 1390. The van der Waals surface area contributed by atoms with Crippen molar-refractivity contribution in [2.75, 3.05) is 6.54 Å². The van der Waals surface area contributed by atoms with E-state index in [9.17, 15) is 45.2 Å². The maximum atomic E-state index is 14.0. The molecular weight excluding hydrogens is 552 g/mol. The summed E-state index contributed by atoms with van der Waals surface area (Å²) in [6.07, 6.45) is -10.2. The van der Waals surface area contributed by atoms with E-state index in [2.05, 4.69) is 5.10 Å². The van der Waals surface area contributed by atoms with Gasteiger partial charge in [-0.25, -0.2) is 0 Å². The highest BCUT2D eigenvalue weighted by Crippen LogP contribution is 2.51. The zero-order valence-corrected chi connectivity index (χ0v) is 20.6. The van der Waals surface area contributed by atoms with Crippen molar-refractivity contribution in [3.63, 3.8) is 0 Å². The fourth-order valence-electron chi connectivity index (χ4n) is 3.93. The fraction of sp³-hybridized carbons (Fsp3) is 0.409. The van der Waals surface area contributed by atoms with Gasteiger partial charge in [-0.3, -0.25) is 9.48 Å². The molecule has 1 saturated carbocycles. The molecule has 4 rings (SSSR count). The second-order valence-electron chi connectivity index (χ2n) is 8.25. The second-order valence-corrected chi connectivity index (χ2v) is 10.2. The predicted molar refractivity (Wildman–Crippen MR) is 119 cm³/mol. The Morgan fingerprint density at radius 2 is 1.81 bits per heavy atom. The van der Waals surface area contributed by atoms with E-state index in [1.807, 2.05) is 6.07 Å². The highest BCUT2D eigenvalue weighted by molar-refractivity contribution is 7.22. The van der Waals surface area contributed by atoms with E-state index in [1.54, 1.807) is 11.8 Å². The third-order valence-electron chi connectivity index (χ3n) is 5.75. The number of carbonyl (C=O) groups is 1. The smallest absolute Gasteiger partial charge is 0.336 e. The van der Waals surface area contributed by atoms with Gasteiger partial charge in [0.05, 0.1) is 11.3 Å². The molecule has 15 heteroatoms. The Morgan fingerprint density at radius 1 is 1.16 bits per heavy atom. The van der Waals surface area contributed by atoms with E-state index in [-0.39, 0.29) is 28.0 Å². The van der Waals surface area contributed by atoms with Gasteiger partial charge in [-0.1, -0.05) is 0 Å². The van der Waals surface area contributed by atoms with Crippen molar-refractivity contribution in [2.45, 2.75) is 44.1 Å². The molecule has 1 amide bonds. The van der Waals surface area contributed by atoms with Crippen LogP contribution in [0.15, 0.2) is 17.5 Å². The number of thiophene rings is 2. The summed E-state index contributed by atoms with van der Waals surface area (Å²) < 4.78 is 108. The van der Waals surface area contributed by atoms with Gasteiger partial charge >= 0.3 is 18.3 Å². The molecule has 0 unspecified atom stereocenters. The monoisotopic (exact) mass is 568 g/mol. The molecule has 0 aromatic carbocycles. The number of halogens is 8. The van der Waals surface area contributed by atoms with Gasteiger partial charge < -0.3 is 4.90 Å². The quantitative estimate of drug-likeness (QED) is 0.300. The SMILES string of the molecule is CCN(C(=O)c1cc(-c2cc(-c3c(C(F)(F)F)c(C(F)(F)C(F)(F)F)nn3C)cs2)sc1C#N)C1CC1. The average Bonchev–Trinajstić information content (AvgIpc) is 3.21. The maximum Gasteiger partial charge on any atom is 0.459 e.